The summed E-state index contributed by atoms with van der Waals surface area (Å²) in [7, 11) is 0. The lowest BCUT2D eigenvalue weighted by Crippen LogP contribution is -2.47. The Labute approximate surface area is 111 Å². The van der Waals surface area contributed by atoms with Crippen LogP contribution < -0.4 is 5.32 Å². The average Bonchev–Trinajstić information content (AvgIpc) is 2.93. The second-order valence-corrected chi connectivity index (χ2v) is 6.71. The van der Waals surface area contributed by atoms with Gasteiger partial charge < -0.3 is 10.4 Å². The van der Waals surface area contributed by atoms with E-state index in [1.54, 1.807) is 0 Å². The molecular weight excluding hydrogens is 222 g/mol. The highest BCUT2D eigenvalue weighted by Gasteiger charge is 2.39. The molecule has 0 aliphatic heterocycles. The van der Waals surface area contributed by atoms with E-state index >= 15 is 0 Å². The zero-order valence-corrected chi connectivity index (χ0v) is 11.5. The van der Waals surface area contributed by atoms with Crippen LogP contribution in [0, 0.1) is 17.8 Å². The summed E-state index contributed by atoms with van der Waals surface area (Å²) >= 11 is 0. The minimum Gasteiger partial charge on any atom is -0.392 e. The van der Waals surface area contributed by atoms with Crippen molar-refractivity contribution in [2.24, 2.45) is 17.8 Å². The van der Waals surface area contributed by atoms with E-state index in [0.717, 1.165) is 30.6 Å². The van der Waals surface area contributed by atoms with Crippen LogP contribution in [0.4, 0.5) is 0 Å². The van der Waals surface area contributed by atoms with Gasteiger partial charge in [-0.3, -0.25) is 0 Å². The Morgan fingerprint density at radius 2 is 1.94 bits per heavy atom. The molecule has 6 atom stereocenters. The van der Waals surface area contributed by atoms with Crippen molar-refractivity contribution in [3.05, 3.63) is 12.2 Å². The lowest BCUT2D eigenvalue weighted by Gasteiger charge is -2.32. The Balaban J connectivity index is 1.56. The maximum absolute atomic E-state index is 10.2. The minimum atomic E-state index is -0.121. The molecule has 2 nitrogen and oxygen atoms in total. The van der Waals surface area contributed by atoms with Crippen LogP contribution in [-0.4, -0.2) is 23.3 Å². The monoisotopic (exact) mass is 249 g/mol. The van der Waals surface area contributed by atoms with E-state index in [1.807, 2.05) is 0 Å². The topological polar surface area (TPSA) is 32.3 Å². The SMILES string of the molecule is CC(NC1CCCCCC1O)C1CC2C=CC1C2. The summed E-state index contributed by atoms with van der Waals surface area (Å²) in [5.74, 6) is 2.46. The fourth-order valence-electron chi connectivity index (χ4n) is 4.34. The number of allylic oxidation sites excluding steroid dienone is 2. The van der Waals surface area contributed by atoms with E-state index in [9.17, 15) is 5.11 Å². The van der Waals surface area contributed by atoms with Crippen molar-refractivity contribution >= 4 is 0 Å². The molecule has 3 rings (SSSR count). The van der Waals surface area contributed by atoms with Gasteiger partial charge in [-0.2, -0.15) is 0 Å². The number of nitrogens with one attached hydrogen (secondary N) is 1. The van der Waals surface area contributed by atoms with Crippen LogP contribution in [0.15, 0.2) is 12.2 Å². The Kier molecular flexibility index (Phi) is 3.76. The number of rotatable bonds is 3. The van der Waals surface area contributed by atoms with Crippen LogP contribution in [0.2, 0.25) is 0 Å². The molecule has 6 unspecified atom stereocenters. The molecule has 18 heavy (non-hydrogen) atoms. The lowest BCUT2D eigenvalue weighted by atomic mass is 9.86. The first-order chi connectivity index (χ1) is 8.74. The molecule has 0 saturated heterocycles. The van der Waals surface area contributed by atoms with Crippen molar-refractivity contribution in [1.82, 2.24) is 5.32 Å². The number of hydrogen-bond acceptors (Lipinski definition) is 2. The van der Waals surface area contributed by atoms with E-state index in [0.29, 0.717) is 12.1 Å². The summed E-state index contributed by atoms with van der Waals surface area (Å²) in [6, 6.07) is 0.897. The fraction of sp³-hybridized carbons (Fsp3) is 0.875. The molecule has 0 amide bonds. The summed E-state index contributed by atoms with van der Waals surface area (Å²) in [5, 5.41) is 13.9. The Morgan fingerprint density at radius 3 is 2.67 bits per heavy atom. The predicted molar refractivity (Wildman–Crippen MR) is 74.3 cm³/mol. The summed E-state index contributed by atoms with van der Waals surface area (Å²) in [4.78, 5) is 0. The lowest BCUT2D eigenvalue weighted by molar-refractivity contribution is 0.107. The van der Waals surface area contributed by atoms with Gasteiger partial charge in [-0.1, -0.05) is 31.4 Å². The van der Waals surface area contributed by atoms with Gasteiger partial charge in [-0.25, -0.2) is 0 Å². The summed E-state index contributed by atoms with van der Waals surface area (Å²) in [5.41, 5.74) is 0. The first kappa shape index (κ1) is 12.7. The van der Waals surface area contributed by atoms with Gasteiger partial charge in [0, 0.05) is 12.1 Å². The van der Waals surface area contributed by atoms with Crippen LogP contribution in [-0.2, 0) is 0 Å². The molecule has 102 valence electrons. The van der Waals surface area contributed by atoms with Crippen LogP contribution >= 0.6 is 0 Å². The van der Waals surface area contributed by atoms with Gasteiger partial charge in [0.25, 0.3) is 0 Å². The van der Waals surface area contributed by atoms with Crippen LogP contribution in [0.3, 0.4) is 0 Å². The number of fused-ring (bicyclic) bond motifs is 2. The molecule has 0 aromatic heterocycles. The van der Waals surface area contributed by atoms with Crippen molar-refractivity contribution in [3.8, 4) is 0 Å². The molecule has 3 aliphatic rings. The van der Waals surface area contributed by atoms with E-state index in [-0.39, 0.29) is 6.10 Å². The standard InChI is InChI=1S/C16H27NO/c1-11(14-10-12-7-8-13(14)9-12)17-15-5-3-2-4-6-16(15)18/h7-8,11-18H,2-6,9-10H2,1H3. The van der Waals surface area contributed by atoms with E-state index in [1.165, 1.54) is 32.1 Å². The molecule has 0 aromatic rings. The quantitative estimate of drug-likeness (QED) is 0.595. The zero-order chi connectivity index (χ0) is 12.5. The molecule has 0 spiro atoms. The number of hydrogen-bond donors (Lipinski definition) is 2. The smallest absolute Gasteiger partial charge is 0.0693 e. The van der Waals surface area contributed by atoms with Crippen LogP contribution in [0.25, 0.3) is 0 Å². The van der Waals surface area contributed by atoms with Gasteiger partial charge in [0.15, 0.2) is 0 Å². The maximum atomic E-state index is 10.2. The fourth-order valence-corrected chi connectivity index (χ4v) is 4.34. The third-order valence-corrected chi connectivity index (χ3v) is 5.43. The molecule has 2 heteroatoms. The molecular formula is C16H27NO. The van der Waals surface area contributed by atoms with Crippen LogP contribution in [0.1, 0.15) is 51.9 Å². The number of aliphatic hydroxyl groups excluding tert-OH is 1. The van der Waals surface area contributed by atoms with Gasteiger partial charge >= 0.3 is 0 Å². The normalized spacial score (nSPS) is 45.1. The first-order valence-electron chi connectivity index (χ1n) is 7.86. The third kappa shape index (κ3) is 2.50. The summed E-state index contributed by atoms with van der Waals surface area (Å²) in [6.45, 7) is 2.33. The Hall–Kier alpha value is -0.340. The Morgan fingerprint density at radius 1 is 1.11 bits per heavy atom. The first-order valence-corrected chi connectivity index (χ1v) is 7.86. The molecule has 0 radical (unpaired) electrons. The minimum absolute atomic E-state index is 0.121. The van der Waals surface area contributed by atoms with Crippen molar-refractivity contribution in [2.75, 3.05) is 0 Å². The average molecular weight is 249 g/mol. The van der Waals surface area contributed by atoms with E-state index < -0.39 is 0 Å². The van der Waals surface area contributed by atoms with Crippen LogP contribution in [0.5, 0.6) is 0 Å². The zero-order valence-electron chi connectivity index (χ0n) is 11.5. The van der Waals surface area contributed by atoms with Gasteiger partial charge in [0.05, 0.1) is 6.10 Å². The number of aliphatic hydroxyl groups is 1. The highest BCUT2D eigenvalue weighted by atomic mass is 16.3. The second kappa shape index (κ2) is 5.34. The molecule has 0 aromatic carbocycles. The van der Waals surface area contributed by atoms with Gasteiger partial charge in [-0.15, -0.1) is 0 Å². The highest BCUT2D eigenvalue weighted by molar-refractivity contribution is 5.11. The van der Waals surface area contributed by atoms with E-state index in [2.05, 4.69) is 24.4 Å². The molecule has 2 bridgehead atoms. The summed E-state index contributed by atoms with van der Waals surface area (Å²) < 4.78 is 0. The summed E-state index contributed by atoms with van der Waals surface area (Å²) in [6.07, 6.45) is 13.4. The predicted octanol–water partition coefficient (Wildman–Crippen LogP) is 2.87. The van der Waals surface area contributed by atoms with E-state index in [4.69, 9.17) is 0 Å². The molecule has 0 heterocycles. The molecule has 3 aliphatic carbocycles. The highest BCUT2D eigenvalue weighted by Crippen LogP contribution is 2.45. The molecule has 2 saturated carbocycles. The van der Waals surface area contributed by atoms with Crippen molar-refractivity contribution in [1.29, 1.82) is 0 Å². The van der Waals surface area contributed by atoms with Crippen molar-refractivity contribution in [2.45, 2.75) is 70.1 Å². The van der Waals surface area contributed by atoms with Gasteiger partial charge in [0.2, 0.25) is 0 Å². The molecule has 2 N–H and O–H groups in total. The van der Waals surface area contributed by atoms with Gasteiger partial charge in [-0.05, 0) is 50.4 Å². The van der Waals surface area contributed by atoms with Gasteiger partial charge in [0.1, 0.15) is 0 Å². The maximum Gasteiger partial charge on any atom is 0.0693 e. The largest absolute Gasteiger partial charge is 0.392 e. The molecule has 2 fully saturated rings. The van der Waals surface area contributed by atoms with Crippen molar-refractivity contribution in [3.63, 3.8) is 0 Å². The Bertz CT molecular complexity index is 314. The second-order valence-electron chi connectivity index (χ2n) is 6.71. The van der Waals surface area contributed by atoms with Crippen molar-refractivity contribution < 1.29 is 5.11 Å². The third-order valence-electron chi connectivity index (χ3n) is 5.43.